The number of hydrogen-bond acceptors (Lipinski definition) is 3. The van der Waals surface area contributed by atoms with Crippen LogP contribution < -0.4 is 4.74 Å². The summed E-state index contributed by atoms with van der Waals surface area (Å²) in [7, 11) is 1.61. The number of pyridine rings is 1. The first-order chi connectivity index (χ1) is 6.11. The number of aliphatic hydroxyl groups is 1. The number of aromatic nitrogens is 1. The number of aliphatic hydroxyl groups excluding tert-OH is 1. The minimum absolute atomic E-state index is 0.0247. The summed E-state index contributed by atoms with van der Waals surface area (Å²) in [4.78, 5) is 4.31. The fourth-order valence-electron chi connectivity index (χ4n) is 1.42. The molecule has 1 rings (SSSR count). The van der Waals surface area contributed by atoms with Gasteiger partial charge < -0.3 is 9.84 Å². The molecule has 1 aromatic rings. The van der Waals surface area contributed by atoms with Crippen LogP contribution in [0, 0.1) is 20.8 Å². The van der Waals surface area contributed by atoms with E-state index in [-0.39, 0.29) is 6.61 Å². The number of rotatable bonds is 2. The maximum absolute atomic E-state index is 9.13. The van der Waals surface area contributed by atoms with Crippen molar-refractivity contribution in [2.24, 2.45) is 0 Å². The van der Waals surface area contributed by atoms with Gasteiger partial charge in [0, 0.05) is 22.5 Å². The summed E-state index contributed by atoms with van der Waals surface area (Å²) in [5.41, 5.74) is 3.57. The molecule has 0 aromatic carbocycles. The van der Waals surface area contributed by atoms with Crippen molar-refractivity contribution in [2.45, 2.75) is 27.4 Å². The standard InChI is InChI=1S/C10H15NO2/c1-6-7(2)11-8(3)9(5-12)10(6)13-4/h12H,5H2,1-4H3. The zero-order chi connectivity index (χ0) is 10.0. The molecule has 0 aliphatic heterocycles. The van der Waals surface area contributed by atoms with Gasteiger partial charge in [0.15, 0.2) is 0 Å². The normalized spacial score (nSPS) is 10.2. The van der Waals surface area contributed by atoms with Gasteiger partial charge >= 0.3 is 0 Å². The molecule has 0 bridgehead atoms. The van der Waals surface area contributed by atoms with Crippen molar-refractivity contribution >= 4 is 0 Å². The average molecular weight is 181 g/mol. The van der Waals surface area contributed by atoms with Crippen LogP contribution in [0.15, 0.2) is 0 Å². The molecule has 72 valence electrons. The van der Waals surface area contributed by atoms with Gasteiger partial charge in [-0.3, -0.25) is 4.98 Å². The molecule has 1 N–H and O–H groups in total. The molecule has 3 heteroatoms. The zero-order valence-corrected chi connectivity index (χ0v) is 8.51. The SMILES string of the molecule is COc1c(C)c(C)nc(C)c1CO. The molecule has 0 amide bonds. The highest BCUT2D eigenvalue weighted by atomic mass is 16.5. The lowest BCUT2D eigenvalue weighted by Crippen LogP contribution is -2.03. The molecule has 0 atom stereocenters. The van der Waals surface area contributed by atoms with E-state index in [4.69, 9.17) is 9.84 Å². The first-order valence-corrected chi connectivity index (χ1v) is 4.23. The molecule has 3 nitrogen and oxygen atoms in total. The van der Waals surface area contributed by atoms with Crippen molar-refractivity contribution in [3.05, 3.63) is 22.5 Å². The van der Waals surface area contributed by atoms with E-state index >= 15 is 0 Å². The van der Waals surface area contributed by atoms with Crippen LogP contribution in [0.25, 0.3) is 0 Å². The van der Waals surface area contributed by atoms with E-state index in [1.807, 2.05) is 20.8 Å². The molecule has 0 radical (unpaired) electrons. The summed E-state index contributed by atoms with van der Waals surface area (Å²) < 4.78 is 5.23. The van der Waals surface area contributed by atoms with E-state index in [1.165, 1.54) is 0 Å². The highest BCUT2D eigenvalue weighted by Crippen LogP contribution is 2.26. The van der Waals surface area contributed by atoms with Crippen LogP contribution >= 0.6 is 0 Å². The van der Waals surface area contributed by atoms with Crippen LogP contribution in [-0.2, 0) is 6.61 Å². The summed E-state index contributed by atoms with van der Waals surface area (Å²) >= 11 is 0. The average Bonchev–Trinajstić information content (AvgIpc) is 2.10. The Balaban J connectivity index is 3.41. The Morgan fingerprint density at radius 3 is 2.31 bits per heavy atom. The Morgan fingerprint density at radius 1 is 1.23 bits per heavy atom. The van der Waals surface area contributed by atoms with Crippen LogP contribution in [0.4, 0.5) is 0 Å². The van der Waals surface area contributed by atoms with Gasteiger partial charge in [-0.05, 0) is 20.8 Å². The third-order valence-corrected chi connectivity index (χ3v) is 2.29. The highest BCUT2D eigenvalue weighted by molar-refractivity contribution is 5.44. The second-order valence-corrected chi connectivity index (χ2v) is 3.08. The van der Waals surface area contributed by atoms with Gasteiger partial charge in [0.1, 0.15) is 5.75 Å². The molecule has 0 unspecified atom stereocenters. The van der Waals surface area contributed by atoms with Gasteiger partial charge in [-0.1, -0.05) is 0 Å². The molecule has 0 spiro atoms. The number of hydrogen-bond donors (Lipinski definition) is 1. The first kappa shape index (κ1) is 9.99. The van der Waals surface area contributed by atoms with Crippen molar-refractivity contribution in [1.82, 2.24) is 4.98 Å². The maximum atomic E-state index is 9.13. The first-order valence-electron chi connectivity index (χ1n) is 4.23. The van der Waals surface area contributed by atoms with Gasteiger partial charge in [-0.2, -0.15) is 0 Å². The quantitative estimate of drug-likeness (QED) is 0.752. The van der Waals surface area contributed by atoms with E-state index in [2.05, 4.69) is 4.98 Å². The summed E-state index contributed by atoms with van der Waals surface area (Å²) in [5, 5.41) is 9.13. The molecular formula is C10H15NO2. The van der Waals surface area contributed by atoms with Crippen LogP contribution in [0.5, 0.6) is 5.75 Å². The van der Waals surface area contributed by atoms with E-state index in [9.17, 15) is 0 Å². The van der Waals surface area contributed by atoms with Crippen LogP contribution in [0.3, 0.4) is 0 Å². The summed E-state index contributed by atoms with van der Waals surface area (Å²) in [5.74, 6) is 0.757. The third-order valence-electron chi connectivity index (χ3n) is 2.29. The zero-order valence-electron chi connectivity index (χ0n) is 8.51. The monoisotopic (exact) mass is 181 g/mol. The van der Waals surface area contributed by atoms with Gasteiger partial charge in [-0.25, -0.2) is 0 Å². The van der Waals surface area contributed by atoms with Crippen LogP contribution in [0.2, 0.25) is 0 Å². The molecule has 0 saturated heterocycles. The second-order valence-electron chi connectivity index (χ2n) is 3.08. The minimum atomic E-state index is -0.0247. The van der Waals surface area contributed by atoms with Gasteiger partial charge in [0.05, 0.1) is 13.7 Å². The Hall–Kier alpha value is -1.09. The Kier molecular flexibility index (Phi) is 2.88. The number of methoxy groups -OCH3 is 1. The van der Waals surface area contributed by atoms with E-state index < -0.39 is 0 Å². The van der Waals surface area contributed by atoms with E-state index in [0.717, 1.165) is 28.3 Å². The lowest BCUT2D eigenvalue weighted by Gasteiger charge is -2.13. The molecule has 0 aliphatic carbocycles. The second kappa shape index (κ2) is 3.75. The molecule has 0 saturated carbocycles. The molecule has 0 aliphatic rings. The highest BCUT2D eigenvalue weighted by Gasteiger charge is 2.12. The minimum Gasteiger partial charge on any atom is -0.496 e. The van der Waals surface area contributed by atoms with Crippen LogP contribution in [-0.4, -0.2) is 17.2 Å². The molecule has 13 heavy (non-hydrogen) atoms. The Bertz CT molecular complexity index is 321. The predicted molar refractivity (Wildman–Crippen MR) is 50.9 cm³/mol. The van der Waals surface area contributed by atoms with Crippen molar-refractivity contribution in [3.8, 4) is 5.75 Å². The fraction of sp³-hybridized carbons (Fsp3) is 0.500. The number of aryl methyl sites for hydroxylation is 2. The van der Waals surface area contributed by atoms with Crippen LogP contribution in [0.1, 0.15) is 22.5 Å². The largest absolute Gasteiger partial charge is 0.496 e. The van der Waals surface area contributed by atoms with E-state index in [0.29, 0.717) is 0 Å². The summed E-state index contributed by atoms with van der Waals surface area (Å²) in [6.45, 7) is 5.73. The number of ether oxygens (including phenoxy) is 1. The van der Waals surface area contributed by atoms with Gasteiger partial charge in [0.25, 0.3) is 0 Å². The molecule has 0 fully saturated rings. The molecule has 1 aromatic heterocycles. The summed E-state index contributed by atoms with van der Waals surface area (Å²) in [6, 6.07) is 0. The topological polar surface area (TPSA) is 42.4 Å². The summed E-state index contributed by atoms with van der Waals surface area (Å²) in [6.07, 6.45) is 0. The molecule has 1 heterocycles. The van der Waals surface area contributed by atoms with Gasteiger partial charge in [-0.15, -0.1) is 0 Å². The van der Waals surface area contributed by atoms with Crippen molar-refractivity contribution in [1.29, 1.82) is 0 Å². The van der Waals surface area contributed by atoms with Crippen molar-refractivity contribution in [2.75, 3.05) is 7.11 Å². The van der Waals surface area contributed by atoms with Crippen molar-refractivity contribution < 1.29 is 9.84 Å². The number of nitrogens with zero attached hydrogens (tertiary/aromatic N) is 1. The van der Waals surface area contributed by atoms with E-state index in [1.54, 1.807) is 7.11 Å². The Morgan fingerprint density at radius 2 is 1.85 bits per heavy atom. The smallest absolute Gasteiger partial charge is 0.130 e. The van der Waals surface area contributed by atoms with Crippen molar-refractivity contribution in [3.63, 3.8) is 0 Å². The van der Waals surface area contributed by atoms with Gasteiger partial charge in [0.2, 0.25) is 0 Å². The lowest BCUT2D eigenvalue weighted by atomic mass is 10.1. The molecular weight excluding hydrogens is 166 g/mol. The lowest BCUT2D eigenvalue weighted by molar-refractivity contribution is 0.271. The fourth-order valence-corrected chi connectivity index (χ4v) is 1.42. The maximum Gasteiger partial charge on any atom is 0.130 e. The predicted octanol–water partition coefficient (Wildman–Crippen LogP) is 1.51. The third kappa shape index (κ3) is 1.65. The Labute approximate surface area is 78.4 Å².